The molecule has 1 aliphatic rings. The molecule has 3 N–H and O–H groups in total. The van der Waals surface area contributed by atoms with E-state index in [2.05, 4.69) is 5.32 Å². The van der Waals surface area contributed by atoms with Gasteiger partial charge in [0.25, 0.3) is 0 Å². The van der Waals surface area contributed by atoms with E-state index in [-0.39, 0.29) is 19.4 Å². The number of aliphatic hydroxyl groups excluding tert-OH is 1. The molecule has 6 nitrogen and oxygen atoms in total. The first-order valence-corrected chi connectivity index (χ1v) is 6.42. The summed E-state index contributed by atoms with van der Waals surface area (Å²) >= 11 is 0. The predicted octanol–water partition coefficient (Wildman–Crippen LogP) is 1.28. The van der Waals surface area contributed by atoms with Crippen LogP contribution in [0.5, 0.6) is 0 Å². The van der Waals surface area contributed by atoms with Gasteiger partial charge < -0.3 is 20.3 Å². The molecule has 0 bridgehead atoms. The van der Waals surface area contributed by atoms with Gasteiger partial charge in [-0.25, -0.2) is 9.59 Å². The summed E-state index contributed by atoms with van der Waals surface area (Å²) in [7, 11) is 0. The lowest BCUT2D eigenvalue weighted by Crippen LogP contribution is -2.53. The van der Waals surface area contributed by atoms with E-state index < -0.39 is 23.7 Å². The number of aliphatic carboxylic acids is 1. The molecule has 2 unspecified atom stereocenters. The number of carboxylic acid groups (broad SMARTS) is 1. The largest absolute Gasteiger partial charge is 0.480 e. The third-order valence-corrected chi connectivity index (χ3v) is 3.45. The predicted molar refractivity (Wildman–Crippen MR) is 70.0 cm³/mol. The van der Waals surface area contributed by atoms with Crippen molar-refractivity contribution in [3.63, 3.8) is 0 Å². The number of alkyl carbamates (subject to hydrolysis) is 1. The number of nitrogens with one attached hydrogen (secondary N) is 1. The van der Waals surface area contributed by atoms with E-state index in [9.17, 15) is 19.8 Å². The van der Waals surface area contributed by atoms with Crippen LogP contribution in [-0.2, 0) is 16.1 Å². The third kappa shape index (κ3) is 3.27. The Morgan fingerprint density at radius 3 is 2.60 bits per heavy atom. The number of hydrogen-bond donors (Lipinski definition) is 3. The Hall–Kier alpha value is -2.08. The highest BCUT2D eigenvalue weighted by atomic mass is 16.5. The molecule has 6 heteroatoms. The molecule has 1 aliphatic carbocycles. The number of hydrogen-bond acceptors (Lipinski definition) is 4. The first-order valence-electron chi connectivity index (χ1n) is 6.42. The fraction of sp³-hybridized carbons (Fsp3) is 0.429. The highest BCUT2D eigenvalue weighted by Crippen LogP contribution is 2.30. The van der Waals surface area contributed by atoms with Gasteiger partial charge in [-0.2, -0.15) is 0 Å². The quantitative estimate of drug-likeness (QED) is 0.771. The number of aliphatic hydroxyl groups is 1. The minimum atomic E-state index is -1.42. The molecule has 2 atom stereocenters. The SMILES string of the molecule is O=C(NC1(C(=O)O)CCC(O)C1)OCc1ccccc1. The second-order valence-electron chi connectivity index (χ2n) is 4.97. The molecule has 0 radical (unpaired) electrons. The number of ether oxygens (including phenoxy) is 1. The molecule has 108 valence electrons. The highest BCUT2D eigenvalue weighted by Gasteiger charge is 2.46. The van der Waals surface area contributed by atoms with Crippen LogP contribution in [0.2, 0.25) is 0 Å². The molecule has 2 rings (SSSR count). The van der Waals surface area contributed by atoms with E-state index in [1.54, 1.807) is 12.1 Å². The molecule has 1 saturated carbocycles. The third-order valence-electron chi connectivity index (χ3n) is 3.45. The van der Waals surface area contributed by atoms with Crippen molar-refractivity contribution in [3.05, 3.63) is 35.9 Å². The van der Waals surface area contributed by atoms with Crippen LogP contribution in [0.4, 0.5) is 4.79 Å². The maximum atomic E-state index is 11.7. The van der Waals surface area contributed by atoms with Gasteiger partial charge in [0, 0.05) is 6.42 Å². The molecule has 1 fully saturated rings. The summed E-state index contributed by atoms with van der Waals surface area (Å²) in [6.45, 7) is 0.0743. The van der Waals surface area contributed by atoms with Crippen LogP contribution in [0.3, 0.4) is 0 Å². The summed E-state index contributed by atoms with van der Waals surface area (Å²) in [5.41, 5.74) is -0.605. The zero-order chi connectivity index (χ0) is 14.6. The van der Waals surface area contributed by atoms with Crippen LogP contribution in [0.15, 0.2) is 30.3 Å². The molecular formula is C14H17NO5. The Morgan fingerprint density at radius 2 is 2.05 bits per heavy atom. The molecule has 20 heavy (non-hydrogen) atoms. The topological polar surface area (TPSA) is 95.9 Å². The maximum absolute atomic E-state index is 11.7. The lowest BCUT2D eigenvalue weighted by molar-refractivity contribution is -0.144. The Morgan fingerprint density at radius 1 is 1.35 bits per heavy atom. The molecule has 0 spiro atoms. The van der Waals surface area contributed by atoms with Crippen molar-refractivity contribution in [1.29, 1.82) is 0 Å². The monoisotopic (exact) mass is 279 g/mol. The summed E-state index contributed by atoms with van der Waals surface area (Å²) in [6.07, 6.45) is -0.941. The maximum Gasteiger partial charge on any atom is 0.408 e. The Labute approximate surface area is 116 Å². The zero-order valence-corrected chi connectivity index (χ0v) is 10.9. The number of benzene rings is 1. The van der Waals surface area contributed by atoms with E-state index in [1.807, 2.05) is 18.2 Å². The van der Waals surface area contributed by atoms with Gasteiger partial charge in [0.2, 0.25) is 0 Å². The van der Waals surface area contributed by atoms with Crippen LogP contribution in [0, 0.1) is 0 Å². The summed E-state index contributed by atoms with van der Waals surface area (Å²) in [5.74, 6) is -1.15. The summed E-state index contributed by atoms with van der Waals surface area (Å²) in [4.78, 5) is 23.0. The number of carboxylic acids is 1. The van der Waals surface area contributed by atoms with Gasteiger partial charge >= 0.3 is 12.1 Å². The van der Waals surface area contributed by atoms with Crippen LogP contribution in [0.1, 0.15) is 24.8 Å². The van der Waals surface area contributed by atoms with Crippen molar-refractivity contribution in [2.45, 2.75) is 37.5 Å². The molecule has 1 aromatic carbocycles. The second-order valence-corrected chi connectivity index (χ2v) is 4.97. The van der Waals surface area contributed by atoms with Crippen molar-refractivity contribution in [2.75, 3.05) is 0 Å². The van der Waals surface area contributed by atoms with Crippen molar-refractivity contribution in [2.24, 2.45) is 0 Å². The number of rotatable bonds is 4. The van der Waals surface area contributed by atoms with E-state index in [0.717, 1.165) is 5.56 Å². The molecule has 0 saturated heterocycles. The molecule has 1 aromatic rings. The Kier molecular flexibility index (Phi) is 4.24. The average molecular weight is 279 g/mol. The zero-order valence-electron chi connectivity index (χ0n) is 10.9. The lowest BCUT2D eigenvalue weighted by atomic mass is 9.98. The van der Waals surface area contributed by atoms with Gasteiger partial charge in [0.15, 0.2) is 0 Å². The minimum absolute atomic E-state index is 0.00275. The van der Waals surface area contributed by atoms with Gasteiger partial charge in [-0.05, 0) is 18.4 Å². The minimum Gasteiger partial charge on any atom is -0.480 e. The highest BCUT2D eigenvalue weighted by molar-refractivity contribution is 5.84. The molecule has 0 aromatic heterocycles. The smallest absolute Gasteiger partial charge is 0.408 e. The van der Waals surface area contributed by atoms with E-state index in [4.69, 9.17) is 4.74 Å². The molecule has 0 heterocycles. The summed E-state index contributed by atoms with van der Waals surface area (Å²) in [6, 6.07) is 9.10. The molecular weight excluding hydrogens is 262 g/mol. The van der Waals surface area contributed by atoms with Crippen LogP contribution < -0.4 is 5.32 Å². The van der Waals surface area contributed by atoms with Crippen LogP contribution in [0.25, 0.3) is 0 Å². The van der Waals surface area contributed by atoms with Gasteiger partial charge in [0.1, 0.15) is 12.1 Å². The number of carbonyl (C=O) groups excluding carboxylic acids is 1. The Balaban J connectivity index is 1.91. The van der Waals surface area contributed by atoms with E-state index in [1.165, 1.54) is 0 Å². The van der Waals surface area contributed by atoms with E-state index >= 15 is 0 Å². The molecule has 1 amide bonds. The van der Waals surface area contributed by atoms with Gasteiger partial charge in [0.05, 0.1) is 6.10 Å². The Bertz CT molecular complexity index is 490. The van der Waals surface area contributed by atoms with Gasteiger partial charge in [-0.1, -0.05) is 30.3 Å². The van der Waals surface area contributed by atoms with Crippen molar-refractivity contribution in [1.82, 2.24) is 5.32 Å². The van der Waals surface area contributed by atoms with Crippen LogP contribution in [-0.4, -0.2) is 33.9 Å². The number of carbonyl (C=O) groups is 2. The molecule has 0 aliphatic heterocycles. The van der Waals surface area contributed by atoms with E-state index in [0.29, 0.717) is 6.42 Å². The normalized spacial score (nSPS) is 25.1. The first kappa shape index (κ1) is 14.3. The van der Waals surface area contributed by atoms with Crippen LogP contribution >= 0.6 is 0 Å². The second kappa shape index (κ2) is 5.92. The van der Waals surface area contributed by atoms with Crippen molar-refractivity contribution in [3.8, 4) is 0 Å². The standard InChI is InChI=1S/C14H17NO5/c16-11-6-7-14(8-11,12(17)18)15-13(19)20-9-10-4-2-1-3-5-10/h1-5,11,16H,6-9H2,(H,15,19)(H,17,18). The number of amides is 1. The van der Waals surface area contributed by atoms with Crippen molar-refractivity contribution < 1.29 is 24.5 Å². The fourth-order valence-electron chi connectivity index (χ4n) is 2.34. The first-order chi connectivity index (χ1) is 9.52. The summed E-state index contributed by atoms with van der Waals surface area (Å²) in [5, 5.41) is 21.1. The van der Waals surface area contributed by atoms with Gasteiger partial charge in [-0.15, -0.1) is 0 Å². The lowest BCUT2D eigenvalue weighted by Gasteiger charge is -2.24. The van der Waals surface area contributed by atoms with Crippen molar-refractivity contribution >= 4 is 12.1 Å². The summed E-state index contributed by atoms with van der Waals surface area (Å²) < 4.78 is 5.01. The fourth-order valence-corrected chi connectivity index (χ4v) is 2.34. The van der Waals surface area contributed by atoms with Gasteiger partial charge in [-0.3, -0.25) is 0 Å². The average Bonchev–Trinajstić information content (AvgIpc) is 2.80.